The Morgan fingerprint density at radius 1 is 1.50 bits per heavy atom. The van der Waals surface area contributed by atoms with Crippen LogP contribution in [0.15, 0.2) is 23.1 Å². The van der Waals surface area contributed by atoms with Crippen molar-refractivity contribution in [1.29, 1.82) is 0 Å². The molecule has 0 amide bonds. The van der Waals surface area contributed by atoms with Gasteiger partial charge in [-0.25, -0.2) is 4.39 Å². The maximum absolute atomic E-state index is 13.7. The van der Waals surface area contributed by atoms with Crippen molar-refractivity contribution in [2.24, 2.45) is 5.73 Å². The zero-order valence-electron chi connectivity index (χ0n) is 10.8. The Morgan fingerprint density at radius 2 is 2.17 bits per heavy atom. The van der Waals surface area contributed by atoms with Gasteiger partial charge in [-0.1, -0.05) is 6.07 Å². The van der Waals surface area contributed by atoms with E-state index in [4.69, 9.17) is 10.5 Å². The number of hydrogen-bond donors (Lipinski definition) is 1. The maximum atomic E-state index is 13.7. The van der Waals surface area contributed by atoms with Gasteiger partial charge in [-0.2, -0.15) is 0 Å². The highest BCUT2D eigenvalue weighted by molar-refractivity contribution is 8.01. The van der Waals surface area contributed by atoms with Crippen LogP contribution in [0.25, 0.3) is 0 Å². The molecule has 1 rings (SSSR count). The van der Waals surface area contributed by atoms with E-state index in [1.165, 1.54) is 13.2 Å². The summed E-state index contributed by atoms with van der Waals surface area (Å²) < 4.78 is 17.6. The number of methoxy groups -OCH3 is 1. The van der Waals surface area contributed by atoms with Gasteiger partial charge in [-0.3, -0.25) is 4.79 Å². The van der Waals surface area contributed by atoms with E-state index in [0.29, 0.717) is 17.9 Å². The fourth-order valence-electron chi connectivity index (χ4n) is 1.51. The van der Waals surface area contributed by atoms with Gasteiger partial charge in [-0.15, -0.1) is 11.8 Å². The number of hydrogen-bond acceptors (Lipinski definition) is 4. The van der Waals surface area contributed by atoms with E-state index in [-0.39, 0.29) is 11.8 Å². The van der Waals surface area contributed by atoms with Crippen molar-refractivity contribution in [1.82, 2.24) is 0 Å². The number of benzene rings is 1. The predicted octanol–water partition coefficient (Wildman–Crippen LogP) is 2.37. The summed E-state index contributed by atoms with van der Waals surface area (Å²) in [5, 5.41) is 0. The van der Waals surface area contributed by atoms with Crippen molar-refractivity contribution in [3.05, 3.63) is 29.6 Å². The Balaban J connectivity index is 2.95. The standard InChI is InChI=1S/C13H18FNO2S/c1-13(2,12(16)17-3)18-11-8-9(6-7-15)4-5-10(11)14/h4-5,8H,6-7,15H2,1-3H3. The number of halogens is 1. The first-order valence-electron chi connectivity index (χ1n) is 5.66. The highest BCUT2D eigenvalue weighted by Gasteiger charge is 2.31. The molecular weight excluding hydrogens is 253 g/mol. The van der Waals surface area contributed by atoms with Crippen LogP contribution >= 0.6 is 11.8 Å². The van der Waals surface area contributed by atoms with Gasteiger partial charge < -0.3 is 10.5 Å². The van der Waals surface area contributed by atoms with Crippen molar-refractivity contribution in [2.75, 3.05) is 13.7 Å². The van der Waals surface area contributed by atoms with Crippen LogP contribution in [0.4, 0.5) is 4.39 Å². The van der Waals surface area contributed by atoms with Crippen LogP contribution in [0.1, 0.15) is 19.4 Å². The highest BCUT2D eigenvalue weighted by Crippen LogP contribution is 2.35. The summed E-state index contributed by atoms with van der Waals surface area (Å²) in [6.07, 6.45) is 0.687. The van der Waals surface area contributed by atoms with Gasteiger partial charge in [-0.05, 0) is 44.5 Å². The van der Waals surface area contributed by atoms with Crippen molar-refractivity contribution >= 4 is 17.7 Å². The minimum Gasteiger partial charge on any atom is -0.468 e. The molecule has 0 spiro atoms. The summed E-state index contributed by atoms with van der Waals surface area (Å²) in [5.74, 6) is -0.714. The lowest BCUT2D eigenvalue weighted by Crippen LogP contribution is -2.29. The molecule has 0 bridgehead atoms. The Kier molecular flexibility index (Phi) is 5.16. The fraction of sp³-hybridized carbons (Fsp3) is 0.462. The number of thioether (sulfide) groups is 1. The summed E-state index contributed by atoms with van der Waals surface area (Å²) in [6.45, 7) is 3.92. The van der Waals surface area contributed by atoms with Crippen LogP contribution in [0.2, 0.25) is 0 Å². The van der Waals surface area contributed by atoms with Crippen molar-refractivity contribution < 1.29 is 13.9 Å². The van der Waals surface area contributed by atoms with Gasteiger partial charge in [0.15, 0.2) is 0 Å². The quantitative estimate of drug-likeness (QED) is 0.660. The molecule has 3 nitrogen and oxygen atoms in total. The summed E-state index contributed by atoms with van der Waals surface area (Å²) in [6, 6.07) is 4.84. The summed E-state index contributed by atoms with van der Waals surface area (Å²) in [4.78, 5) is 12.0. The second-order valence-electron chi connectivity index (χ2n) is 4.41. The van der Waals surface area contributed by atoms with Gasteiger partial charge in [0.2, 0.25) is 0 Å². The SMILES string of the molecule is COC(=O)C(C)(C)Sc1cc(CCN)ccc1F. The third kappa shape index (κ3) is 3.71. The van der Waals surface area contributed by atoms with Gasteiger partial charge in [0.25, 0.3) is 0 Å². The number of rotatable bonds is 5. The molecular formula is C13H18FNO2S. The average Bonchev–Trinajstić information content (AvgIpc) is 2.32. The number of ether oxygens (including phenoxy) is 1. The largest absolute Gasteiger partial charge is 0.468 e. The lowest BCUT2D eigenvalue weighted by Gasteiger charge is -2.21. The topological polar surface area (TPSA) is 52.3 Å². The summed E-state index contributed by atoms with van der Waals surface area (Å²) in [7, 11) is 1.33. The maximum Gasteiger partial charge on any atom is 0.321 e. The van der Waals surface area contributed by atoms with Crippen LogP contribution in [0, 0.1) is 5.82 Å². The van der Waals surface area contributed by atoms with Crippen molar-refractivity contribution in [3.8, 4) is 0 Å². The summed E-state index contributed by atoms with van der Waals surface area (Å²) in [5.41, 5.74) is 6.43. The first kappa shape index (κ1) is 15.0. The molecule has 18 heavy (non-hydrogen) atoms. The van der Waals surface area contributed by atoms with Crippen LogP contribution in [0.3, 0.4) is 0 Å². The number of nitrogens with two attached hydrogens (primary N) is 1. The van der Waals surface area contributed by atoms with Crippen LogP contribution < -0.4 is 5.73 Å². The molecule has 0 aromatic heterocycles. The molecule has 5 heteroatoms. The first-order valence-corrected chi connectivity index (χ1v) is 6.48. The smallest absolute Gasteiger partial charge is 0.321 e. The molecule has 0 heterocycles. The van der Waals surface area contributed by atoms with Crippen molar-refractivity contribution in [3.63, 3.8) is 0 Å². The van der Waals surface area contributed by atoms with Gasteiger partial charge in [0.05, 0.1) is 7.11 Å². The van der Waals surface area contributed by atoms with Crippen LogP contribution in [0.5, 0.6) is 0 Å². The normalized spacial score (nSPS) is 11.4. The fourth-order valence-corrected chi connectivity index (χ4v) is 2.60. The molecule has 0 aliphatic carbocycles. The Labute approximate surface area is 111 Å². The van der Waals surface area contributed by atoms with Crippen LogP contribution in [-0.4, -0.2) is 24.4 Å². The van der Waals surface area contributed by atoms with E-state index in [0.717, 1.165) is 17.3 Å². The third-order valence-corrected chi connectivity index (χ3v) is 3.68. The average molecular weight is 271 g/mol. The molecule has 0 radical (unpaired) electrons. The van der Waals surface area contributed by atoms with Crippen LogP contribution in [-0.2, 0) is 16.0 Å². The Hall–Kier alpha value is -1.07. The number of carbonyl (C=O) groups excluding carboxylic acids is 1. The lowest BCUT2D eigenvalue weighted by molar-refractivity contribution is -0.142. The molecule has 0 saturated carbocycles. The van der Waals surface area contributed by atoms with Gasteiger partial charge in [0.1, 0.15) is 10.6 Å². The van der Waals surface area contributed by atoms with E-state index in [1.807, 2.05) is 0 Å². The molecule has 0 saturated heterocycles. The van der Waals surface area contributed by atoms with E-state index >= 15 is 0 Å². The van der Waals surface area contributed by atoms with Gasteiger partial charge >= 0.3 is 5.97 Å². The molecule has 1 aromatic rings. The second kappa shape index (κ2) is 6.20. The Morgan fingerprint density at radius 3 is 2.72 bits per heavy atom. The number of esters is 1. The van der Waals surface area contributed by atoms with Gasteiger partial charge in [0, 0.05) is 4.90 Å². The molecule has 0 aliphatic heterocycles. The minimum absolute atomic E-state index is 0.335. The molecule has 100 valence electrons. The predicted molar refractivity (Wildman–Crippen MR) is 71.1 cm³/mol. The molecule has 1 aromatic carbocycles. The third-order valence-electron chi connectivity index (χ3n) is 2.47. The molecule has 0 aliphatic rings. The molecule has 0 unspecified atom stereocenters. The lowest BCUT2D eigenvalue weighted by atomic mass is 10.1. The van der Waals surface area contributed by atoms with Crippen molar-refractivity contribution in [2.45, 2.75) is 29.9 Å². The van der Waals surface area contributed by atoms with E-state index in [1.54, 1.807) is 26.0 Å². The molecule has 0 fully saturated rings. The highest BCUT2D eigenvalue weighted by atomic mass is 32.2. The van der Waals surface area contributed by atoms with E-state index < -0.39 is 4.75 Å². The molecule has 0 atom stereocenters. The summed E-state index contributed by atoms with van der Waals surface area (Å²) >= 11 is 1.15. The number of carbonyl (C=O) groups is 1. The zero-order valence-corrected chi connectivity index (χ0v) is 11.6. The second-order valence-corrected chi connectivity index (χ2v) is 6.07. The first-order chi connectivity index (χ1) is 8.40. The Bertz CT molecular complexity index is 435. The molecule has 2 N–H and O–H groups in total. The zero-order chi connectivity index (χ0) is 13.8. The monoisotopic (exact) mass is 271 g/mol. The van der Waals surface area contributed by atoms with E-state index in [9.17, 15) is 9.18 Å². The van der Waals surface area contributed by atoms with E-state index in [2.05, 4.69) is 0 Å². The minimum atomic E-state index is -0.822.